The lowest BCUT2D eigenvalue weighted by Gasteiger charge is -2.23. The monoisotopic (exact) mass is 419 g/mol. The SMILES string of the molecule is COc1cc(C2=NS(=O)(=O)N(C)C(C(=O)Nc3cccc(C)c3)=C2)ccc1Cl. The molecular formula is C19H18ClN3O4S. The van der Waals surface area contributed by atoms with Crippen LogP contribution in [0.2, 0.25) is 5.02 Å². The van der Waals surface area contributed by atoms with Crippen LogP contribution in [-0.2, 0) is 15.0 Å². The van der Waals surface area contributed by atoms with Gasteiger partial charge in [0.15, 0.2) is 0 Å². The highest BCUT2D eigenvalue weighted by Crippen LogP contribution is 2.28. The summed E-state index contributed by atoms with van der Waals surface area (Å²) >= 11 is 6.03. The van der Waals surface area contributed by atoms with Crippen molar-refractivity contribution in [3.63, 3.8) is 0 Å². The summed E-state index contributed by atoms with van der Waals surface area (Å²) in [5, 5.41) is 3.09. The molecule has 0 fully saturated rings. The molecule has 0 aliphatic carbocycles. The number of nitrogens with one attached hydrogen (secondary N) is 1. The van der Waals surface area contributed by atoms with E-state index < -0.39 is 16.1 Å². The Morgan fingerprint density at radius 1 is 1.21 bits per heavy atom. The van der Waals surface area contributed by atoms with Crippen molar-refractivity contribution in [1.29, 1.82) is 0 Å². The maximum atomic E-state index is 12.7. The van der Waals surface area contributed by atoms with E-state index in [1.54, 1.807) is 36.4 Å². The van der Waals surface area contributed by atoms with Crippen LogP contribution in [0.4, 0.5) is 5.69 Å². The van der Waals surface area contributed by atoms with Crippen molar-refractivity contribution in [2.45, 2.75) is 6.92 Å². The van der Waals surface area contributed by atoms with Gasteiger partial charge in [0.1, 0.15) is 11.4 Å². The van der Waals surface area contributed by atoms with Crippen LogP contribution in [0.15, 0.2) is 58.6 Å². The van der Waals surface area contributed by atoms with Crippen LogP contribution in [0.1, 0.15) is 11.1 Å². The van der Waals surface area contributed by atoms with Crippen LogP contribution in [0, 0.1) is 6.92 Å². The van der Waals surface area contributed by atoms with Crippen LogP contribution < -0.4 is 10.1 Å². The smallest absolute Gasteiger partial charge is 0.345 e. The molecule has 0 saturated carbocycles. The van der Waals surface area contributed by atoms with Gasteiger partial charge in [-0.15, -0.1) is 4.40 Å². The number of amides is 1. The number of carbonyl (C=O) groups is 1. The van der Waals surface area contributed by atoms with Gasteiger partial charge in [0.2, 0.25) is 0 Å². The van der Waals surface area contributed by atoms with E-state index in [0.29, 0.717) is 22.0 Å². The van der Waals surface area contributed by atoms with Crippen molar-refractivity contribution in [2.24, 2.45) is 4.40 Å². The van der Waals surface area contributed by atoms with Gasteiger partial charge < -0.3 is 10.1 Å². The van der Waals surface area contributed by atoms with E-state index in [0.717, 1.165) is 9.87 Å². The first-order chi connectivity index (χ1) is 13.2. The summed E-state index contributed by atoms with van der Waals surface area (Å²) < 4.78 is 34.7. The molecule has 3 rings (SSSR count). The predicted molar refractivity (Wildman–Crippen MR) is 109 cm³/mol. The average molecular weight is 420 g/mol. The van der Waals surface area contributed by atoms with Gasteiger partial charge in [-0.25, -0.2) is 4.31 Å². The number of halogens is 1. The van der Waals surface area contributed by atoms with Crippen LogP contribution in [-0.4, -0.2) is 38.5 Å². The fourth-order valence-electron chi connectivity index (χ4n) is 2.64. The number of anilines is 1. The zero-order valence-corrected chi connectivity index (χ0v) is 17.0. The summed E-state index contributed by atoms with van der Waals surface area (Å²) in [5.41, 5.74) is 2.04. The molecule has 1 N–H and O–H groups in total. The number of hydrogen-bond donors (Lipinski definition) is 1. The first-order valence-electron chi connectivity index (χ1n) is 8.24. The number of ether oxygens (including phenoxy) is 1. The number of allylic oxidation sites excluding steroid dienone is 1. The molecule has 7 nitrogen and oxygen atoms in total. The second kappa shape index (κ2) is 7.65. The van der Waals surface area contributed by atoms with Crippen molar-refractivity contribution in [2.75, 3.05) is 19.5 Å². The molecule has 0 unspecified atom stereocenters. The fraction of sp³-hybridized carbons (Fsp3) is 0.158. The van der Waals surface area contributed by atoms with Gasteiger partial charge in [0.25, 0.3) is 5.91 Å². The molecule has 1 aliphatic heterocycles. The van der Waals surface area contributed by atoms with Gasteiger partial charge in [-0.05, 0) is 42.8 Å². The van der Waals surface area contributed by atoms with Crippen molar-refractivity contribution >= 4 is 39.1 Å². The van der Waals surface area contributed by atoms with Crippen LogP contribution in [0.3, 0.4) is 0 Å². The van der Waals surface area contributed by atoms with Gasteiger partial charge >= 0.3 is 10.2 Å². The van der Waals surface area contributed by atoms with E-state index in [1.165, 1.54) is 20.2 Å². The average Bonchev–Trinajstić information content (AvgIpc) is 2.64. The molecule has 9 heteroatoms. The number of benzene rings is 2. The Balaban J connectivity index is 2.00. The Kier molecular flexibility index (Phi) is 5.44. The molecule has 146 valence electrons. The summed E-state index contributed by atoms with van der Waals surface area (Å²) in [6.45, 7) is 1.89. The summed E-state index contributed by atoms with van der Waals surface area (Å²) in [6.07, 6.45) is 1.41. The van der Waals surface area contributed by atoms with Crippen LogP contribution >= 0.6 is 11.6 Å². The first kappa shape index (κ1) is 19.9. The number of carbonyl (C=O) groups excluding carboxylic acids is 1. The molecule has 0 atom stereocenters. The maximum absolute atomic E-state index is 12.7. The second-order valence-electron chi connectivity index (χ2n) is 6.12. The summed E-state index contributed by atoms with van der Waals surface area (Å²) in [7, 11) is -1.33. The van der Waals surface area contributed by atoms with Gasteiger partial charge in [-0.1, -0.05) is 29.8 Å². The first-order valence-corrected chi connectivity index (χ1v) is 10.0. The largest absolute Gasteiger partial charge is 0.495 e. The number of nitrogens with zero attached hydrogens (tertiary/aromatic N) is 2. The van der Waals surface area contributed by atoms with E-state index in [-0.39, 0.29) is 11.4 Å². The van der Waals surface area contributed by atoms with Crippen molar-refractivity contribution in [3.05, 3.63) is 70.4 Å². The molecule has 0 aromatic heterocycles. The Bertz CT molecular complexity index is 1110. The fourth-order valence-corrected chi connectivity index (χ4v) is 3.75. The molecule has 0 saturated heterocycles. The predicted octanol–water partition coefficient (Wildman–Crippen LogP) is 3.16. The topological polar surface area (TPSA) is 88.1 Å². The molecule has 0 bridgehead atoms. The molecular weight excluding hydrogens is 402 g/mol. The molecule has 2 aromatic carbocycles. The maximum Gasteiger partial charge on any atom is 0.345 e. The Morgan fingerprint density at radius 3 is 2.64 bits per heavy atom. The van der Waals surface area contributed by atoms with Crippen molar-refractivity contribution < 1.29 is 17.9 Å². The number of rotatable bonds is 4. The van der Waals surface area contributed by atoms with Crippen LogP contribution in [0.5, 0.6) is 5.75 Å². The van der Waals surface area contributed by atoms with E-state index in [4.69, 9.17) is 16.3 Å². The quantitative estimate of drug-likeness (QED) is 0.824. The summed E-state index contributed by atoms with van der Waals surface area (Å²) in [6, 6.07) is 11.9. The summed E-state index contributed by atoms with van der Waals surface area (Å²) in [5.74, 6) is -0.192. The van der Waals surface area contributed by atoms with Gasteiger partial charge in [0, 0.05) is 18.3 Å². The lowest BCUT2D eigenvalue weighted by atomic mass is 10.1. The van der Waals surface area contributed by atoms with Crippen molar-refractivity contribution in [3.8, 4) is 5.75 Å². The molecule has 1 amide bonds. The van der Waals surface area contributed by atoms with Gasteiger partial charge in [0.05, 0.1) is 17.8 Å². The zero-order valence-electron chi connectivity index (χ0n) is 15.4. The minimum atomic E-state index is -4.06. The third-order valence-corrected chi connectivity index (χ3v) is 5.76. The molecule has 2 aromatic rings. The zero-order chi connectivity index (χ0) is 20.5. The number of aryl methyl sites for hydroxylation is 1. The highest BCUT2D eigenvalue weighted by Gasteiger charge is 2.30. The van der Waals surface area contributed by atoms with E-state index >= 15 is 0 Å². The van der Waals surface area contributed by atoms with Crippen molar-refractivity contribution in [1.82, 2.24) is 4.31 Å². The normalized spacial score (nSPS) is 15.5. The minimum absolute atomic E-state index is 0.0552. The number of methoxy groups -OCH3 is 1. The van der Waals surface area contributed by atoms with Crippen LogP contribution in [0.25, 0.3) is 0 Å². The van der Waals surface area contributed by atoms with Gasteiger partial charge in [-0.2, -0.15) is 8.42 Å². The van der Waals surface area contributed by atoms with E-state index in [9.17, 15) is 13.2 Å². The number of hydrogen-bond acceptors (Lipinski definition) is 4. The number of likely N-dealkylation sites (N-methyl/N-ethyl adjacent to an activating group) is 1. The lowest BCUT2D eigenvalue weighted by Crippen LogP contribution is -2.35. The lowest BCUT2D eigenvalue weighted by molar-refractivity contribution is -0.113. The second-order valence-corrected chi connectivity index (χ2v) is 8.16. The molecule has 1 aliphatic rings. The third kappa shape index (κ3) is 4.02. The molecule has 28 heavy (non-hydrogen) atoms. The summed E-state index contributed by atoms with van der Waals surface area (Å²) in [4.78, 5) is 12.7. The van der Waals surface area contributed by atoms with E-state index in [1.807, 2.05) is 13.0 Å². The minimum Gasteiger partial charge on any atom is -0.495 e. The molecule has 1 heterocycles. The molecule has 0 radical (unpaired) electrons. The van der Waals surface area contributed by atoms with E-state index in [2.05, 4.69) is 9.71 Å². The highest BCUT2D eigenvalue weighted by molar-refractivity contribution is 7.88. The standard InChI is InChI=1S/C19H18ClN3O4S/c1-12-5-4-6-14(9-12)21-19(24)17-11-16(22-28(25,26)23(17)2)13-7-8-15(20)18(10-13)27-3/h4-11H,1-3H3,(H,21,24). The Hall–Kier alpha value is -2.84. The molecule has 0 spiro atoms. The highest BCUT2D eigenvalue weighted by atomic mass is 35.5. The van der Waals surface area contributed by atoms with Gasteiger partial charge in [-0.3, -0.25) is 4.79 Å². The third-order valence-electron chi connectivity index (χ3n) is 4.13. The Morgan fingerprint density at radius 2 is 1.96 bits per heavy atom. The Labute approximate surface area is 168 Å².